The minimum absolute atomic E-state index is 0.00261. The van der Waals surface area contributed by atoms with Gasteiger partial charge in [-0.3, -0.25) is 14.5 Å². The molecule has 1 N–H and O–H groups in total. The molecule has 5 heteroatoms. The number of hydrogen-bond donors (Lipinski definition) is 1. The molecule has 1 unspecified atom stereocenters. The van der Waals surface area contributed by atoms with Crippen molar-refractivity contribution in [2.75, 3.05) is 16.8 Å². The molecule has 130 valence electrons. The summed E-state index contributed by atoms with van der Waals surface area (Å²) in [6.45, 7) is 5.95. The number of aryl methyl sites for hydroxylation is 2. The number of para-hydroxylation sites is 2. The summed E-state index contributed by atoms with van der Waals surface area (Å²) in [6.07, 6.45) is -0.118. The van der Waals surface area contributed by atoms with E-state index in [1.807, 2.05) is 57.2 Å². The van der Waals surface area contributed by atoms with Gasteiger partial charge in [-0.15, -0.1) is 0 Å². The molecule has 5 nitrogen and oxygen atoms in total. The van der Waals surface area contributed by atoms with E-state index in [0.717, 1.165) is 5.56 Å². The van der Waals surface area contributed by atoms with Crippen molar-refractivity contribution in [3.05, 3.63) is 53.6 Å². The Balaban J connectivity index is 1.85. The third-order valence-electron chi connectivity index (χ3n) is 4.44. The maximum atomic E-state index is 13.0. The molecule has 0 fully saturated rings. The lowest BCUT2D eigenvalue weighted by Crippen LogP contribution is -2.48. The Bertz CT molecular complexity index is 816. The quantitative estimate of drug-likeness (QED) is 0.929. The van der Waals surface area contributed by atoms with Crippen molar-refractivity contribution in [2.24, 2.45) is 0 Å². The van der Waals surface area contributed by atoms with E-state index in [4.69, 9.17) is 4.74 Å². The summed E-state index contributed by atoms with van der Waals surface area (Å²) < 4.78 is 5.94. The predicted molar refractivity (Wildman–Crippen MR) is 98.0 cm³/mol. The Kier molecular flexibility index (Phi) is 4.74. The average molecular weight is 338 g/mol. The lowest BCUT2D eigenvalue weighted by Gasteiger charge is -2.31. The zero-order chi connectivity index (χ0) is 18.0. The fourth-order valence-electron chi connectivity index (χ4n) is 2.86. The minimum atomic E-state index is -0.638. The van der Waals surface area contributed by atoms with Gasteiger partial charge in [-0.05, 0) is 55.7 Å². The highest BCUT2D eigenvalue weighted by Gasteiger charge is 2.31. The topological polar surface area (TPSA) is 58.6 Å². The molecule has 0 saturated carbocycles. The van der Waals surface area contributed by atoms with Gasteiger partial charge in [0.05, 0.1) is 11.4 Å². The van der Waals surface area contributed by atoms with Crippen LogP contribution in [0, 0.1) is 13.8 Å². The zero-order valence-electron chi connectivity index (χ0n) is 14.7. The van der Waals surface area contributed by atoms with E-state index in [1.54, 1.807) is 6.07 Å². The summed E-state index contributed by atoms with van der Waals surface area (Å²) >= 11 is 0. The highest BCUT2D eigenvalue weighted by molar-refractivity contribution is 6.11. The fraction of sp³-hybridized carbons (Fsp3) is 0.300. The Hall–Kier alpha value is -2.82. The summed E-state index contributed by atoms with van der Waals surface area (Å²) in [4.78, 5) is 26.5. The van der Waals surface area contributed by atoms with E-state index in [1.165, 1.54) is 10.5 Å². The summed E-state index contributed by atoms with van der Waals surface area (Å²) in [5, 5.41) is 2.79. The second kappa shape index (κ2) is 6.97. The van der Waals surface area contributed by atoms with Gasteiger partial charge in [-0.1, -0.05) is 25.1 Å². The molecule has 1 heterocycles. The Morgan fingerprint density at radius 2 is 1.96 bits per heavy atom. The lowest BCUT2D eigenvalue weighted by atomic mass is 10.1. The molecule has 0 saturated heterocycles. The molecule has 2 aromatic rings. The van der Waals surface area contributed by atoms with Crippen molar-refractivity contribution >= 4 is 23.2 Å². The highest BCUT2D eigenvalue weighted by atomic mass is 16.5. The van der Waals surface area contributed by atoms with Crippen LogP contribution in [0.5, 0.6) is 5.75 Å². The van der Waals surface area contributed by atoms with Gasteiger partial charge in [0, 0.05) is 0 Å². The van der Waals surface area contributed by atoms with Crippen LogP contribution >= 0.6 is 0 Å². The number of fused-ring (bicyclic) bond motifs is 1. The molecule has 0 aromatic heterocycles. The first-order valence-corrected chi connectivity index (χ1v) is 8.43. The Morgan fingerprint density at radius 3 is 2.68 bits per heavy atom. The molecular formula is C20H22N2O3. The van der Waals surface area contributed by atoms with Gasteiger partial charge in [0.2, 0.25) is 5.91 Å². The summed E-state index contributed by atoms with van der Waals surface area (Å²) in [7, 11) is 0. The number of ether oxygens (including phenoxy) is 1. The van der Waals surface area contributed by atoms with Crippen LogP contribution in [0.3, 0.4) is 0 Å². The third kappa shape index (κ3) is 3.50. The normalized spacial score (nSPS) is 14.5. The number of benzene rings is 2. The zero-order valence-corrected chi connectivity index (χ0v) is 14.7. The van der Waals surface area contributed by atoms with Crippen LogP contribution in [0.4, 0.5) is 11.4 Å². The molecule has 0 spiro atoms. The number of amides is 2. The Morgan fingerprint density at radius 1 is 1.20 bits per heavy atom. The molecule has 2 amide bonds. The maximum absolute atomic E-state index is 13.0. The number of carbonyl (C=O) groups is 2. The van der Waals surface area contributed by atoms with Crippen molar-refractivity contribution in [2.45, 2.75) is 33.3 Å². The van der Waals surface area contributed by atoms with Crippen molar-refractivity contribution in [3.63, 3.8) is 0 Å². The smallest absolute Gasteiger partial charge is 0.268 e. The van der Waals surface area contributed by atoms with Crippen molar-refractivity contribution in [3.8, 4) is 5.75 Å². The molecule has 0 aliphatic carbocycles. The molecule has 2 aromatic carbocycles. The van der Waals surface area contributed by atoms with Crippen LogP contribution in [-0.4, -0.2) is 24.5 Å². The van der Waals surface area contributed by atoms with Crippen LogP contribution < -0.4 is 15.0 Å². The van der Waals surface area contributed by atoms with Gasteiger partial charge in [0.25, 0.3) is 5.91 Å². The lowest BCUT2D eigenvalue weighted by molar-refractivity contribution is -0.127. The van der Waals surface area contributed by atoms with Gasteiger partial charge in [-0.2, -0.15) is 0 Å². The van der Waals surface area contributed by atoms with Gasteiger partial charge in [0.15, 0.2) is 6.10 Å². The molecule has 3 rings (SSSR count). The molecule has 1 aliphatic rings. The number of carbonyl (C=O) groups excluding carboxylic acids is 2. The summed E-state index contributed by atoms with van der Waals surface area (Å²) in [6, 6.07) is 13.1. The number of rotatable bonds is 4. The molecule has 25 heavy (non-hydrogen) atoms. The van der Waals surface area contributed by atoms with Crippen LogP contribution in [0.1, 0.15) is 24.5 Å². The minimum Gasteiger partial charge on any atom is -0.481 e. The van der Waals surface area contributed by atoms with Gasteiger partial charge in [-0.25, -0.2) is 0 Å². The van der Waals surface area contributed by atoms with Crippen molar-refractivity contribution in [1.29, 1.82) is 0 Å². The van der Waals surface area contributed by atoms with E-state index >= 15 is 0 Å². The first kappa shape index (κ1) is 17.0. The fourth-order valence-corrected chi connectivity index (χ4v) is 2.86. The second-order valence-corrected chi connectivity index (χ2v) is 6.25. The van der Waals surface area contributed by atoms with Crippen LogP contribution in [-0.2, 0) is 9.59 Å². The summed E-state index contributed by atoms with van der Waals surface area (Å²) in [5.74, 6) is 0.258. The van der Waals surface area contributed by atoms with Crippen molar-refractivity contribution < 1.29 is 14.3 Å². The monoisotopic (exact) mass is 338 g/mol. The van der Waals surface area contributed by atoms with Crippen molar-refractivity contribution in [1.82, 2.24) is 0 Å². The standard InChI is InChI=1S/C20H22N2O3/c1-4-18(25-15-10-9-13(2)14(3)11-15)20(24)22-12-19(23)21-16-7-5-6-8-17(16)22/h5-11,18H,4,12H2,1-3H3,(H,21,23). The van der Waals surface area contributed by atoms with E-state index in [0.29, 0.717) is 23.5 Å². The molecular weight excluding hydrogens is 316 g/mol. The first-order chi connectivity index (χ1) is 12.0. The van der Waals surface area contributed by atoms with Crippen LogP contribution in [0.25, 0.3) is 0 Å². The number of nitrogens with one attached hydrogen (secondary N) is 1. The molecule has 1 atom stereocenters. The third-order valence-corrected chi connectivity index (χ3v) is 4.44. The SMILES string of the molecule is CCC(Oc1ccc(C)c(C)c1)C(=O)N1CC(=O)Nc2ccccc21. The number of nitrogens with zero attached hydrogens (tertiary/aromatic N) is 1. The number of anilines is 2. The van der Waals surface area contributed by atoms with Gasteiger partial charge >= 0.3 is 0 Å². The molecule has 0 radical (unpaired) electrons. The number of hydrogen-bond acceptors (Lipinski definition) is 3. The highest BCUT2D eigenvalue weighted by Crippen LogP contribution is 2.30. The van der Waals surface area contributed by atoms with E-state index in [2.05, 4.69) is 5.32 Å². The van der Waals surface area contributed by atoms with E-state index in [9.17, 15) is 9.59 Å². The Labute approximate surface area is 147 Å². The van der Waals surface area contributed by atoms with Gasteiger partial charge in [0.1, 0.15) is 12.3 Å². The molecule has 1 aliphatic heterocycles. The van der Waals surface area contributed by atoms with E-state index < -0.39 is 6.10 Å². The maximum Gasteiger partial charge on any atom is 0.268 e. The second-order valence-electron chi connectivity index (χ2n) is 6.25. The largest absolute Gasteiger partial charge is 0.481 e. The van der Waals surface area contributed by atoms with E-state index in [-0.39, 0.29) is 18.4 Å². The predicted octanol–water partition coefficient (Wildman–Crippen LogP) is 3.45. The summed E-state index contributed by atoms with van der Waals surface area (Å²) in [5.41, 5.74) is 3.64. The van der Waals surface area contributed by atoms with Crippen LogP contribution in [0.2, 0.25) is 0 Å². The van der Waals surface area contributed by atoms with Crippen LogP contribution in [0.15, 0.2) is 42.5 Å². The molecule has 0 bridgehead atoms. The first-order valence-electron chi connectivity index (χ1n) is 8.43. The average Bonchev–Trinajstić information content (AvgIpc) is 2.61. The van der Waals surface area contributed by atoms with Gasteiger partial charge < -0.3 is 10.1 Å².